The van der Waals surface area contributed by atoms with E-state index in [0.29, 0.717) is 60.5 Å². The molecule has 0 aliphatic carbocycles. The fraction of sp³-hybridized carbons (Fsp3) is 0.556. The standard InChI is InChI=1S/C27H37ClN4O5/c1-5-10-21-18-23(29-37-21)27(35)32-14-7-6-13-30(3)25(33)19(2)31(4)26(34)22-17-20(28)11-12-24(22)36-16-9-8-15-32/h11-12,17-19H,5-10,13-16H2,1-4H3/t19-/m0/s1. The van der Waals surface area contributed by atoms with Crippen molar-refractivity contribution < 1.29 is 23.6 Å². The van der Waals surface area contributed by atoms with Crippen LogP contribution in [0.25, 0.3) is 0 Å². The lowest BCUT2D eigenvalue weighted by Crippen LogP contribution is -2.47. The quantitative estimate of drug-likeness (QED) is 0.585. The summed E-state index contributed by atoms with van der Waals surface area (Å²) in [6, 6.07) is 5.97. The Morgan fingerprint density at radius 2 is 1.78 bits per heavy atom. The zero-order chi connectivity index (χ0) is 26.9. The molecule has 202 valence electrons. The second-order valence-corrected chi connectivity index (χ2v) is 9.91. The van der Waals surface area contributed by atoms with Gasteiger partial charge in [-0.1, -0.05) is 23.7 Å². The summed E-state index contributed by atoms with van der Waals surface area (Å²) in [6.45, 7) is 5.73. The molecule has 0 N–H and O–H groups in total. The minimum Gasteiger partial charge on any atom is -0.493 e. The van der Waals surface area contributed by atoms with Crippen LogP contribution in [0.2, 0.25) is 5.02 Å². The van der Waals surface area contributed by atoms with Gasteiger partial charge in [-0.3, -0.25) is 14.4 Å². The molecule has 9 nitrogen and oxygen atoms in total. The molecule has 37 heavy (non-hydrogen) atoms. The normalized spacial score (nSPS) is 18.8. The van der Waals surface area contributed by atoms with Crippen LogP contribution in [-0.2, 0) is 11.2 Å². The van der Waals surface area contributed by atoms with Crippen LogP contribution in [0.4, 0.5) is 0 Å². The number of carbonyl (C=O) groups excluding carboxylic acids is 3. The Balaban J connectivity index is 1.78. The number of hydrogen-bond donors (Lipinski definition) is 0. The molecule has 3 amide bonds. The molecule has 1 aliphatic rings. The average Bonchev–Trinajstić information content (AvgIpc) is 3.36. The summed E-state index contributed by atoms with van der Waals surface area (Å²) in [7, 11) is 3.34. The predicted octanol–water partition coefficient (Wildman–Crippen LogP) is 4.29. The molecule has 10 heteroatoms. The zero-order valence-electron chi connectivity index (χ0n) is 22.2. The van der Waals surface area contributed by atoms with Crippen molar-refractivity contribution in [3.05, 3.63) is 46.3 Å². The molecule has 0 spiro atoms. The highest BCUT2D eigenvalue weighted by atomic mass is 35.5. The lowest BCUT2D eigenvalue weighted by atomic mass is 10.1. The van der Waals surface area contributed by atoms with E-state index in [-0.39, 0.29) is 17.7 Å². The molecule has 0 unspecified atom stereocenters. The van der Waals surface area contributed by atoms with E-state index in [1.54, 1.807) is 55.1 Å². The van der Waals surface area contributed by atoms with Gasteiger partial charge in [0.05, 0.1) is 12.2 Å². The summed E-state index contributed by atoms with van der Waals surface area (Å²) >= 11 is 6.17. The number of nitrogens with zero attached hydrogens (tertiary/aromatic N) is 4. The van der Waals surface area contributed by atoms with E-state index < -0.39 is 6.04 Å². The molecular formula is C27H37ClN4O5. The summed E-state index contributed by atoms with van der Waals surface area (Å²) in [5, 5.41) is 4.40. The zero-order valence-corrected chi connectivity index (χ0v) is 22.9. The second-order valence-electron chi connectivity index (χ2n) is 9.48. The maximum absolute atomic E-state index is 13.3. The maximum Gasteiger partial charge on any atom is 0.276 e. The predicted molar refractivity (Wildman–Crippen MR) is 141 cm³/mol. The van der Waals surface area contributed by atoms with E-state index in [0.717, 1.165) is 32.1 Å². The number of halogens is 1. The van der Waals surface area contributed by atoms with E-state index in [2.05, 4.69) is 5.16 Å². The van der Waals surface area contributed by atoms with Gasteiger partial charge in [-0.05, 0) is 57.2 Å². The molecule has 0 radical (unpaired) electrons. The van der Waals surface area contributed by atoms with Gasteiger partial charge in [-0.2, -0.15) is 0 Å². The first-order valence-electron chi connectivity index (χ1n) is 12.9. The summed E-state index contributed by atoms with van der Waals surface area (Å²) in [5.41, 5.74) is 0.631. The molecule has 1 aliphatic heterocycles. The van der Waals surface area contributed by atoms with Crippen molar-refractivity contribution in [1.82, 2.24) is 19.9 Å². The number of carbonyl (C=O) groups is 3. The number of rotatable bonds is 3. The number of aromatic nitrogens is 1. The highest BCUT2D eigenvalue weighted by Gasteiger charge is 2.28. The van der Waals surface area contributed by atoms with Gasteiger partial charge in [-0.15, -0.1) is 0 Å². The largest absolute Gasteiger partial charge is 0.493 e. The molecule has 0 bridgehead atoms. The van der Waals surface area contributed by atoms with E-state index >= 15 is 0 Å². The Morgan fingerprint density at radius 1 is 1.08 bits per heavy atom. The fourth-order valence-corrected chi connectivity index (χ4v) is 4.42. The SMILES string of the molecule is CCCc1cc(C(=O)N2CCCCOc3ccc(Cl)cc3C(=O)N(C)[C@@H](C)C(=O)N(C)CCCC2)no1. The highest BCUT2D eigenvalue weighted by molar-refractivity contribution is 6.31. The number of fused-ring (bicyclic) bond motifs is 1. The van der Waals surface area contributed by atoms with Crippen LogP contribution in [0.1, 0.15) is 72.6 Å². The molecule has 0 fully saturated rings. The number of benzene rings is 1. The molecule has 2 heterocycles. The maximum atomic E-state index is 13.3. The van der Waals surface area contributed by atoms with Crippen LogP contribution in [0.15, 0.2) is 28.8 Å². The van der Waals surface area contributed by atoms with Crippen molar-refractivity contribution in [2.75, 3.05) is 40.3 Å². The highest BCUT2D eigenvalue weighted by Crippen LogP contribution is 2.25. The lowest BCUT2D eigenvalue weighted by molar-refractivity contribution is -0.133. The van der Waals surface area contributed by atoms with Gasteiger partial charge in [0.1, 0.15) is 17.6 Å². The minimum atomic E-state index is -0.664. The minimum absolute atomic E-state index is 0.157. The third-order valence-corrected chi connectivity index (χ3v) is 6.86. The van der Waals surface area contributed by atoms with Gasteiger partial charge in [-0.25, -0.2) is 0 Å². The van der Waals surface area contributed by atoms with Crippen molar-refractivity contribution in [2.24, 2.45) is 0 Å². The summed E-state index contributed by atoms with van der Waals surface area (Å²) < 4.78 is 11.3. The van der Waals surface area contributed by atoms with Crippen LogP contribution in [0.5, 0.6) is 5.75 Å². The third kappa shape index (κ3) is 7.47. The van der Waals surface area contributed by atoms with Gasteiger partial charge < -0.3 is 24.0 Å². The molecule has 3 rings (SSSR count). The summed E-state index contributed by atoms with van der Waals surface area (Å²) in [4.78, 5) is 44.3. The Kier molecular flexibility index (Phi) is 10.4. The van der Waals surface area contributed by atoms with Gasteiger partial charge >= 0.3 is 0 Å². The van der Waals surface area contributed by atoms with Crippen molar-refractivity contribution in [1.29, 1.82) is 0 Å². The van der Waals surface area contributed by atoms with Gasteiger partial charge in [0.15, 0.2) is 5.69 Å². The Bertz CT molecular complexity index is 1090. The average molecular weight is 533 g/mol. The van der Waals surface area contributed by atoms with Gasteiger partial charge in [0.25, 0.3) is 11.8 Å². The number of aryl methyl sites for hydroxylation is 1. The summed E-state index contributed by atoms with van der Waals surface area (Å²) in [6.07, 6.45) is 4.50. The lowest BCUT2D eigenvalue weighted by Gasteiger charge is -2.29. The third-order valence-electron chi connectivity index (χ3n) is 6.62. The molecule has 1 aromatic heterocycles. The number of likely N-dealkylation sites (N-methyl/N-ethyl adjacent to an activating group) is 2. The van der Waals surface area contributed by atoms with Crippen LogP contribution in [0, 0.1) is 0 Å². The summed E-state index contributed by atoms with van der Waals surface area (Å²) in [5.74, 6) is 0.469. The van der Waals surface area contributed by atoms with E-state index in [1.807, 2.05) is 6.92 Å². The van der Waals surface area contributed by atoms with Crippen LogP contribution < -0.4 is 4.74 Å². The molecule has 1 atom stereocenters. The second kappa shape index (κ2) is 13.5. The van der Waals surface area contributed by atoms with Crippen LogP contribution in [-0.4, -0.2) is 84.0 Å². The van der Waals surface area contributed by atoms with E-state index in [1.165, 1.54) is 4.90 Å². The van der Waals surface area contributed by atoms with Crippen molar-refractivity contribution in [3.8, 4) is 5.75 Å². The first-order valence-corrected chi connectivity index (χ1v) is 13.3. The van der Waals surface area contributed by atoms with Crippen LogP contribution in [0.3, 0.4) is 0 Å². The van der Waals surface area contributed by atoms with Crippen molar-refractivity contribution in [2.45, 2.75) is 58.4 Å². The monoisotopic (exact) mass is 532 g/mol. The van der Waals surface area contributed by atoms with Crippen molar-refractivity contribution in [3.63, 3.8) is 0 Å². The number of hydrogen-bond acceptors (Lipinski definition) is 6. The van der Waals surface area contributed by atoms with Gasteiger partial charge in [0, 0.05) is 51.2 Å². The number of ether oxygens (including phenoxy) is 1. The molecule has 2 aromatic rings. The molecular weight excluding hydrogens is 496 g/mol. The molecule has 0 saturated heterocycles. The van der Waals surface area contributed by atoms with Gasteiger partial charge in [0.2, 0.25) is 5.91 Å². The Morgan fingerprint density at radius 3 is 2.51 bits per heavy atom. The van der Waals surface area contributed by atoms with E-state index in [9.17, 15) is 14.4 Å². The van der Waals surface area contributed by atoms with E-state index in [4.69, 9.17) is 20.9 Å². The first kappa shape index (κ1) is 28.5. The number of amides is 3. The van der Waals surface area contributed by atoms with Crippen molar-refractivity contribution >= 4 is 29.3 Å². The molecule has 1 aromatic carbocycles. The fourth-order valence-electron chi connectivity index (χ4n) is 4.25. The van der Waals surface area contributed by atoms with Crippen LogP contribution >= 0.6 is 11.6 Å². The Hall–Kier alpha value is -3.07. The topological polar surface area (TPSA) is 96.2 Å². The first-order chi connectivity index (χ1) is 17.7. The molecule has 0 saturated carbocycles. The smallest absolute Gasteiger partial charge is 0.276 e. The Labute approximate surface area is 223 Å².